The van der Waals surface area contributed by atoms with Crippen LogP contribution in [0.25, 0.3) is 0 Å². The number of hydrogen-bond donors (Lipinski definition) is 1. The van der Waals surface area contributed by atoms with Gasteiger partial charge in [0.1, 0.15) is 35.8 Å². The Kier molecular flexibility index (Phi) is 11.5. The lowest BCUT2D eigenvalue weighted by atomic mass is 10.0. The topological polar surface area (TPSA) is 55.4 Å². The summed E-state index contributed by atoms with van der Waals surface area (Å²) in [6, 6.07) is 39.7. The molecule has 0 saturated carbocycles. The second-order valence-electron chi connectivity index (χ2n) is 9.82. The van der Waals surface area contributed by atoms with Crippen molar-refractivity contribution in [2.45, 2.75) is 32.9 Å². The van der Waals surface area contributed by atoms with E-state index in [9.17, 15) is 9.59 Å². The van der Waals surface area contributed by atoms with Crippen LogP contribution in [-0.2, 0) is 20.9 Å². The van der Waals surface area contributed by atoms with Crippen LogP contribution in [0.2, 0.25) is 0 Å². The molecule has 6 heteroatoms. The van der Waals surface area contributed by atoms with Crippen LogP contribution in [0.15, 0.2) is 121 Å². The summed E-state index contributed by atoms with van der Waals surface area (Å²) in [5, 5.41) is 6.44. The lowest BCUT2D eigenvalue weighted by Crippen LogP contribution is -3.00. The summed E-state index contributed by atoms with van der Waals surface area (Å²) in [6.45, 7) is 4.26. The van der Waals surface area contributed by atoms with Gasteiger partial charge in [0, 0.05) is 0 Å². The summed E-state index contributed by atoms with van der Waals surface area (Å²) in [4.78, 5) is 27.0. The van der Waals surface area contributed by atoms with Gasteiger partial charge in [-0.2, -0.15) is 0 Å². The Morgan fingerprint density at radius 2 is 1.10 bits per heavy atom. The zero-order valence-corrected chi connectivity index (χ0v) is 24.9. The van der Waals surface area contributed by atoms with Crippen molar-refractivity contribution in [1.82, 2.24) is 5.32 Å². The highest BCUT2D eigenvalue weighted by Gasteiger charge is 2.47. The molecule has 4 rings (SSSR count). The second-order valence-corrected chi connectivity index (χ2v) is 13.3. The number of esters is 1. The van der Waals surface area contributed by atoms with E-state index in [1.807, 2.05) is 98.8 Å². The molecule has 0 aliphatic carbocycles. The Morgan fingerprint density at radius 1 is 0.692 bits per heavy atom. The van der Waals surface area contributed by atoms with Gasteiger partial charge in [-0.15, -0.1) is 0 Å². The van der Waals surface area contributed by atoms with Crippen LogP contribution in [0, 0.1) is 5.92 Å². The zero-order valence-electron chi connectivity index (χ0n) is 22.4. The SMILES string of the molecule is CC(C)C[C@H](NC(=O)C[P+](c1ccccc1)(c1ccccc1)c1ccccc1)C(=O)OCc1ccccc1.[Br-]. The van der Waals surface area contributed by atoms with Crippen molar-refractivity contribution in [2.24, 2.45) is 5.92 Å². The largest absolute Gasteiger partial charge is 1.00 e. The zero-order chi connectivity index (χ0) is 26.8. The fraction of sp³-hybridized carbons (Fsp3) is 0.212. The fourth-order valence-electron chi connectivity index (χ4n) is 4.74. The Labute approximate surface area is 242 Å². The first-order chi connectivity index (χ1) is 18.5. The van der Waals surface area contributed by atoms with Crippen LogP contribution in [0.4, 0.5) is 0 Å². The summed E-state index contributed by atoms with van der Waals surface area (Å²) in [7, 11) is -2.36. The van der Waals surface area contributed by atoms with Gasteiger partial charge in [-0.05, 0) is 54.3 Å². The van der Waals surface area contributed by atoms with E-state index in [-0.39, 0.29) is 41.6 Å². The van der Waals surface area contributed by atoms with Crippen molar-refractivity contribution < 1.29 is 31.3 Å². The minimum absolute atomic E-state index is 0. The number of hydrogen-bond acceptors (Lipinski definition) is 3. The molecule has 0 radical (unpaired) electrons. The molecular weight excluding hydrogens is 569 g/mol. The molecule has 0 bridgehead atoms. The highest BCUT2D eigenvalue weighted by molar-refractivity contribution is 7.96. The van der Waals surface area contributed by atoms with E-state index in [4.69, 9.17) is 4.74 Å². The van der Waals surface area contributed by atoms with Crippen LogP contribution in [0.5, 0.6) is 0 Å². The highest BCUT2D eigenvalue weighted by Crippen LogP contribution is 2.55. The number of rotatable bonds is 11. The first-order valence-electron chi connectivity index (χ1n) is 13.0. The molecule has 0 heterocycles. The third kappa shape index (κ3) is 7.88. The van der Waals surface area contributed by atoms with Crippen molar-refractivity contribution in [3.05, 3.63) is 127 Å². The van der Waals surface area contributed by atoms with Gasteiger partial charge < -0.3 is 27.0 Å². The predicted octanol–water partition coefficient (Wildman–Crippen LogP) is 2.26. The van der Waals surface area contributed by atoms with E-state index in [0.29, 0.717) is 6.42 Å². The van der Waals surface area contributed by atoms with E-state index < -0.39 is 19.3 Å². The van der Waals surface area contributed by atoms with Gasteiger partial charge in [-0.25, -0.2) is 4.79 Å². The maximum Gasteiger partial charge on any atom is 0.328 e. The van der Waals surface area contributed by atoms with Gasteiger partial charge in [0.05, 0.1) is 0 Å². The predicted molar refractivity (Wildman–Crippen MR) is 158 cm³/mol. The minimum atomic E-state index is -2.36. The van der Waals surface area contributed by atoms with E-state index >= 15 is 0 Å². The van der Waals surface area contributed by atoms with Gasteiger partial charge in [0.25, 0.3) is 5.91 Å². The van der Waals surface area contributed by atoms with Crippen LogP contribution in [-0.4, -0.2) is 24.1 Å². The molecule has 0 spiro atoms. The van der Waals surface area contributed by atoms with Crippen LogP contribution in [0.3, 0.4) is 0 Å². The molecule has 4 aromatic rings. The Hall–Kier alpha value is -3.27. The summed E-state index contributed by atoms with van der Waals surface area (Å²) >= 11 is 0. The molecule has 0 fully saturated rings. The van der Waals surface area contributed by atoms with Crippen LogP contribution < -0.4 is 38.2 Å². The normalized spacial score (nSPS) is 11.8. The third-order valence-electron chi connectivity index (χ3n) is 6.52. The number of benzene rings is 4. The van der Waals surface area contributed by atoms with Gasteiger partial charge in [0.15, 0.2) is 6.16 Å². The number of carbonyl (C=O) groups excluding carboxylic acids is 2. The lowest BCUT2D eigenvalue weighted by molar-refractivity contribution is -0.149. The smallest absolute Gasteiger partial charge is 0.328 e. The van der Waals surface area contributed by atoms with E-state index in [1.54, 1.807) is 0 Å². The van der Waals surface area contributed by atoms with E-state index in [1.165, 1.54) is 0 Å². The summed E-state index contributed by atoms with van der Waals surface area (Å²) in [5.74, 6) is -0.349. The highest BCUT2D eigenvalue weighted by atomic mass is 79.9. The molecule has 0 aromatic heterocycles. The monoisotopic (exact) mass is 603 g/mol. The van der Waals surface area contributed by atoms with Crippen molar-refractivity contribution in [1.29, 1.82) is 0 Å². The number of carbonyl (C=O) groups is 2. The molecule has 4 aromatic carbocycles. The molecule has 0 aliphatic heterocycles. The number of amides is 1. The Morgan fingerprint density at radius 3 is 1.51 bits per heavy atom. The van der Waals surface area contributed by atoms with Crippen molar-refractivity contribution in [3.8, 4) is 0 Å². The maximum atomic E-state index is 13.9. The second kappa shape index (κ2) is 14.8. The number of nitrogens with one attached hydrogen (secondary N) is 1. The first kappa shape index (κ1) is 30.3. The average molecular weight is 605 g/mol. The number of ether oxygens (including phenoxy) is 1. The number of halogens is 1. The van der Waals surface area contributed by atoms with Crippen LogP contribution in [0.1, 0.15) is 25.8 Å². The first-order valence-corrected chi connectivity index (χ1v) is 15.0. The molecule has 1 atom stereocenters. The molecule has 1 amide bonds. The molecule has 0 unspecified atom stereocenters. The average Bonchev–Trinajstić information content (AvgIpc) is 2.96. The van der Waals surface area contributed by atoms with E-state index in [2.05, 4.69) is 41.7 Å². The molecule has 0 saturated heterocycles. The van der Waals surface area contributed by atoms with E-state index in [0.717, 1.165) is 21.5 Å². The fourth-order valence-corrected chi connectivity index (χ4v) is 8.75. The molecule has 0 aliphatic rings. The third-order valence-corrected chi connectivity index (χ3v) is 10.8. The lowest BCUT2D eigenvalue weighted by Gasteiger charge is -2.28. The minimum Gasteiger partial charge on any atom is -1.00 e. The summed E-state index contributed by atoms with van der Waals surface area (Å²) < 4.78 is 5.63. The Bertz CT molecular complexity index is 1210. The standard InChI is InChI=1S/C33H34NO3P.BrH/c1-26(2)23-31(33(36)37-24-27-15-7-3-8-16-27)34-32(35)25-38(28-17-9-4-10-18-28,29-19-11-5-12-20-29)30-21-13-6-14-22-30;/h3-22,26,31H,23-25H2,1-2H3;1H/t31-;/m0./s1. The summed E-state index contributed by atoms with van der Waals surface area (Å²) in [6.07, 6.45) is 0.762. The maximum absolute atomic E-state index is 13.9. The molecule has 1 N–H and O–H groups in total. The van der Waals surface area contributed by atoms with Gasteiger partial charge in [-0.1, -0.05) is 98.8 Å². The quantitative estimate of drug-likeness (QED) is 0.211. The molecule has 39 heavy (non-hydrogen) atoms. The molecule has 202 valence electrons. The van der Waals surface area contributed by atoms with Crippen molar-refractivity contribution in [2.75, 3.05) is 6.16 Å². The molecule has 4 nitrogen and oxygen atoms in total. The van der Waals surface area contributed by atoms with Gasteiger partial charge in [-0.3, -0.25) is 4.79 Å². The van der Waals surface area contributed by atoms with Crippen molar-refractivity contribution >= 4 is 35.1 Å². The van der Waals surface area contributed by atoms with Crippen molar-refractivity contribution in [3.63, 3.8) is 0 Å². The van der Waals surface area contributed by atoms with Gasteiger partial charge >= 0.3 is 5.97 Å². The molecular formula is C33H35BrNO3P. The summed E-state index contributed by atoms with van der Waals surface area (Å²) in [5.41, 5.74) is 0.914. The van der Waals surface area contributed by atoms with Gasteiger partial charge in [0.2, 0.25) is 0 Å². The Balaban J connectivity index is 0.00000420. The van der Waals surface area contributed by atoms with Crippen LogP contribution >= 0.6 is 7.26 Å².